The van der Waals surface area contributed by atoms with E-state index in [0.29, 0.717) is 10.2 Å². The smallest absolute Gasteiger partial charge is 0.340 e. The number of hydrogen-bond acceptors (Lipinski definition) is 7. The standard InChI is InChI=1S/C11H11N3O3S/c1-6-5-17-11(14-6)18-9-8(12)7(3-4-13-9)10(15)16-2/h3-5H,12H2,1-2H3. The van der Waals surface area contributed by atoms with E-state index in [0.717, 1.165) is 17.5 Å². The maximum absolute atomic E-state index is 11.5. The van der Waals surface area contributed by atoms with Crippen LogP contribution in [0.5, 0.6) is 0 Å². The number of pyridine rings is 1. The van der Waals surface area contributed by atoms with Crippen LogP contribution < -0.4 is 5.73 Å². The highest BCUT2D eigenvalue weighted by Gasteiger charge is 2.16. The van der Waals surface area contributed by atoms with Crippen molar-refractivity contribution in [2.75, 3.05) is 12.8 Å². The maximum atomic E-state index is 11.5. The predicted molar refractivity (Wildman–Crippen MR) is 65.4 cm³/mol. The average Bonchev–Trinajstić information content (AvgIpc) is 2.76. The monoisotopic (exact) mass is 265 g/mol. The molecule has 2 rings (SSSR count). The molecule has 94 valence electrons. The van der Waals surface area contributed by atoms with Gasteiger partial charge in [-0.2, -0.15) is 0 Å². The van der Waals surface area contributed by atoms with Crippen molar-refractivity contribution >= 4 is 23.4 Å². The third kappa shape index (κ3) is 2.45. The number of aromatic nitrogens is 2. The van der Waals surface area contributed by atoms with E-state index >= 15 is 0 Å². The number of nitrogens with zero attached hydrogens (tertiary/aromatic N) is 2. The van der Waals surface area contributed by atoms with Crippen molar-refractivity contribution in [3.63, 3.8) is 0 Å². The summed E-state index contributed by atoms with van der Waals surface area (Å²) in [6.07, 6.45) is 3.02. The molecule has 0 aromatic carbocycles. The number of methoxy groups -OCH3 is 1. The van der Waals surface area contributed by atoms with E-state index in [-0.39, 0.29) is 11.3 Å². The first-order chi connectivity index (χ1) is 8.61. The lowest BCUT2D eigenvalue weighted by atomic mass is 10.2. The number of anilines is 1. The van der Waals surface area contributed by atoms with Crippen LogP contribution in [0.3, 0.4) is 0 Å². The first-order valence-electron chi connectivity index (χ1n) is 5.04. The average molecular weight is 265 g/mol. The molecule has 0 unspecified atom stereocenters. The Kier molecular flexibility index (Phi) is 3.52. The summed E-state index contributed by atoms with van der Waals surface area (Å²) in [5, 5.41) is 0.883. The highest BCUT2D eigenvalue weighted by molar-refractivity contribution is 7.99. The van der Waals surface area contributed by atoms with Crippen molar-refractivity contribution in [1.82, 2.24) is 9.97 Å². The van der Waals surface area contributed by atoms with Crippen LogP contribution in [0.25, 0.3) is 0 Å². The second-order valence-corrected chi connectivity index (χ2v) is 4.37. The molecule has 2 heterocycles. The molecule has 0 amide bonds. The number of nitrogen functional groups attached to an aromatic ring is 1. The molecule has 0 fully saturated rings. The van der Waals surface area contributed by atoms with Crippen LogP contribution in [0, 0.1) is 6.92 Å². The summed E-state index contributed by atoms with van der Waals surface area (Å²) < 4.78 is 9.82. The Bertz CT molecular complexity index is 583. The second kappa shape index (κ2) is 5.09. The second-order valence-electron chi connectivity index (χ2n) is 3.43. The summed E-state index contributed by atoms with van der Waals surface area (Å²) in [5.74, 6) is -0.500. The van der Waals surface area contributed by atoms with Gasteiger partial charge in [-0.3, -0.25) is 0 Å². The van der Waals surface area contributed by atoms with Gasteiger partial charge in [0.25, 0.3) is 5.22 Å². The van der Waals surface area contributed by atoms with Gasteiger partial charge in [0.2, 0.25) is 0 Å². The summed E-state index contributed by atoms with van der Waals surface area (Å²) in [6, 6.07) is 1.51. The van der Waals surface area contributed by atoms with Crippen LogP contribution >= 0.6 is 11.8 Å². The maximum Gasteiger partial charge on any atom is 0.340 e. The van der Waals surface area contributed by atoms with Gasteiger partial charge in [-0.25, -0.2) is 14.8 Å². The van der Waals surface area contributed by atoms with Crippen LogP contribution in [0.15, 0.2) is 33.2 Å². The lowest BCUT2D eigenvalue weighted by molar-refractivity contribution is 0.0601. The summed E-state index contributed by atoms with van der Waals surface area (Å²) in [7, 11) is 1.30. The molecule has 0 saturated carbocycles. The number of rotatable bonds is 3. The van der Waals surface area contributed by atoms with Gasteiger partial charge in [0.1, 0.15) is 11.3 Å². The fourth-order valence-corrected chi connectivity index (χ4v) is 2.07. The fraction of sp³-hybridized carbons (Fsp3) is 0.182. The molecule has 18 heavy (non-hydrogen) atoms. The van der Waals surface area contributed by atoms with Gasteiger partial charge in [0, 0.05) is 6.20 Å². The minimum absolute atomic E-state index is 0.255. The summed E-state index contributed by atoms with van der Waals surface area (Å²) >= 11 is 1.16. The molecule has 0 atom stereocenters. The molecule has 0 aliphatic heterocycles. The van der Waals surface area contributed by atoms with Crippen molar-refractivity contribution in [3.8, 4) is 0 Å². The van der Waals surface area contributed by atoms with E-state index in [1.165, 1.54) is 25.6 Å². The number of carbonyl (C=O) groups excluding carboxylic acids is 1. The Labute approximate surface area is 108 Å². The van der Waals surface area contributed by atoms with Crippen molar-refractivity contribution in [2.45, 2.75) is 17.2 Å². The number of hydrogen-bond donors (Lipinski definition) is 1. The molecule has 2 aromatic heterocycles. The molecule has 6 nitrogen and oxygen atoms in total. The topological polar surface area (TPSA) is 91.2 Å². The molecular weight excluding hydrogens is 254 g/mol. The Morgan fingerprint density at radius 1 is 1.56 bits per heavy atom. The van der Waals surface area contributed by atoms with Gasteiger partial charge < -0.3 is 14.9 Å². The van der Waals surface area contributed by atoms with E-state index in [1.54, 1.807) is 0 Å². The fourth-order valence-electron chi connectivity index (χ4n) is 1.29. The van der Waals surface area contributed by atoms with Crippen LogP contribution in [-0.4, -0.2) is 23.0 Å². The van der Waals surface area contributed by atoms with E-state index in [2.05, 4.69) is 14.7 Å². The molecule has 2 N–H and O–H groups in total. The summed E-state index contributed by atoms with van der Waals surface area (Å²) in [4.78, 5) is 19.7. The van der Waals surface area contributed by atoms with E-state index in [4.69, 9.17) is 10.2 Å². The molecule has 0 spiro atoms. The van der Waals surface area contributed by atoms with Gasteiger partial charge in [-0.05, 0) is 24.8 Å². The van der Waals surface area contributed by atoms with Crippen LogP contribution in [-0.2, 0) is 4.74 Å². The molecule has 0 aliphatic rings. The van der Waals surface area contributed by atoms with Crippen LogP contribution in [0.2, 0.25) is 0 Å². The first kappa shape index (κ1) is 12.4. The van der Waals surface area contributed by atoms with Crippen molar-refractivity contribution in [1.29, 1.82) is 0 Å². The zero-order valence-corrected chi connectivity index (χ0v) is 10.7. The number of ether oxygens (including phenoxy) is 1. The van der Waals surface area contributed by atoms with Crippen molar-refractivity contribution < 1.29 is 13.9 Å². The van der Waals surface area contributed by atoms with Crippen LogP contribution in [0.1, 0.15) is 16.1 Å². The minimum atomic E-state index is -0.500. The highest BCUT2D eigenvalue weighted by Crippen LogP contribution is 2.31. The number of oxazole rings is 1. The summed E-state index contributed by atoms with van der Waals surface area (Å²) in [6.45, 7) is 1.81. The molecule has 7 heteroatoms. The van der Waals surface area contributed by atoms with E-state index in [1.807, 2.05) is 6.92 Å². The van der Waals surface area contributed by atoms with Gasteiger partial charge in [-0.15, -0.1) is 0 Å². The molecule has 0 saturated heterocycles. The minimum Gasteiger partial charge on any atom is -0.465 e. The lowest BCUT2D eigenvalue weighted by Gasteiger charge is -2.06. The van der Waals surface area contributed by atoms with Crippen molar-refractivity contribution in [3.05, 3.63) is 29.8 Å². The largest absolute Gasteiger partial charge is 0.465 e. The molecule has 0 aliphatic carbocycles. The van der Waals surface area contributed by atoms with Gasteiger partial charge >= 0.3 is 5.97 Å². The Morgan fingerprint density at radius 2 is 2.33 bits per heavy atom. The van der Waals surface area contributed by atoms with Crippen molar-refractivity contribution in [2.24, 2.45) is 0 Å². The normalized spacial score (nSPS) is 10.3. The number of aryl methyl sites for hydroxylation is 1. The van der Waals surface area contributed by atoms with Crippen LogP contribution in [0.4, 0.5) is 5.69 Å². The molecule has 2 aromatic rings. The quantitative estimate of drug-likeness (QED) is 0.847. The number of nitrogens with two attached hydrogens (primary N) is 1. The molecule has 0 bridgehead atoms. The van der Waals surface area contributed by atoms with E-state index < -0.39 is 5.97 Å². The zero-order chi connectivity index (χ0) is 13.1. The highest BCUT2D eigenvalue weighted by atomic mass is 32.2. The van der Waals surface area contributed by atoms with Gasteiger partial charge in [-0.1, -0.05) is 0 Å². The Balaban J connectivity index is 2.31. The van der Waals surface area contributed by atoms with Gasteiger partial charge in [0.05, 0.1) is 24.1 Å². The van der Waals surface area contributed by atoms with E-state index in [9.17, 15) is 4.79 Å². The lowest BCUT2D eigenvalue weighted by Crippen LogP contribution is -2.07. The Morgan fingerprint density at radius 3 is 2.94 bits per heavy atom. The number of esters is 1. The predicted octanol–water partition coefficient (Wildman–Crippen LogP) is 1.90. The third-order valence-corrected chi connectivity index (χ3v) is 3.02. The summed E-state index contributed by atoms with van der Waals surface area (Å²) in [5.41, 5.74) is 7.16. The van der Waals surface area contributed by atoms with Gasteiger partial charge in [0.15, 0.2) is 0 Å². The SMILES string of the molecule is COC(=O)c1ccnc(Sc2nc(C)co2)c1N. The molecule has 0 radical (unpaired) electrons. The first-order valence-corrected chi connectivity index (χ1v) is 5.86. The number of carbonyl (C=O) groups is 1. The Hall–Kier alpha value is -2.02. The third-order valence-electron chi connectivity index (χ3n) is 2.14. The molecular formula is C11H11N3O3S. The zero-order valence-electron chi connectivity index (χ0n) is 9.84.